The molecule has 6 saturated heterocycles. The number of phenolic OH excluding ortho intramolecular Hbond substituents is 7. The molecule has 5 aromatic rings. The number of phenols is 7. The van der Waals surface area contributed by atoms with Crippen molar-refractivity contribution >= 4 is 46.9 Å². The highest BCUT2D eigenvalue weighted by Crippen LogP contribution is 2.48. The van der Waals surface area contributed by atoms with Crippen LogP contribution in [-0.4, -0.2) is 374 Å². The van der Waals surface area contributed by atoms with Gasteiger partial charge in [-0.15, -0.1) is 0 Å². The van der Waals surface area contributed by atoms with Crippen LogP contribution in [0.15, 0.2) is 115 Å². The van der Waals surface area contributed by atoms with Gasteiger partial charge in [-0.25, -0.2) is 4.79 Å². The summed E-state index contributed by atoms with van der Waals surface area (Å²) in [6, 6.07) is 15.4. The molecule has 7 aliphatic heterocycles. The molecule has 1 aromatic heterocycles. The number of hydrogen-bond donors (Lipinski definition) is 24. The van der Waals surface area contributed by atoms with E-state index in [2.05, 4.69) is 0 Å². The molecule has 0 bridgehead atoms. The van der Waals surface area contributed by atoms with Gasteiger partial charge in [0.2, 0.25) is 30.0 Å². The van der Waals surface area contributed by atoms with Crippen LogP contribution < -0.4 is 25.1 Å². The molecule has 13 rings (SSSR count). The lowest BCUT2D eigenvalue weighted by atomic mass is 9.96. The second kappa shape index (κ2) is 39.9. The smallest absolute Gasteiger partial charge is 0.508 e. The predicted octanol–water partition coefficient (Wildman–Crippen LogP) is -6.77. The van der Waals surface area contributed by atoms with Gasteiger partial charge in [-0.3, -0.25) is 24.0 Å². The molecule has 1 aliphatic carbocycles. The van der Waals surface area contributed by atoms with E-state index in [1.807, 2.05) is 0 Å². The summed E-state index contributed by atoms with van der Waals surface area (Å²) >= 11 is 0. The maximum absolute atomic E-state index is 15.6. The average Bonchev–Trinajstić information content (AvgIpc) is 0.749. The maximum Gasteiger partial charge on any atom is 0.510 e. The molecule has 0 unspecified atom stereocenters. The van der Waals surface area contributed by atoms with Crippen LogP contribution in [0.25, 0.3) is 51.0 Å². The number of fused-ring (bicyclic) bond motifs is 2. The molecule has 0 radical (unpaired) electrons. The van der Waals surface area contributed by atoms with Crippen LogP contribution >= 0.6 is 0 Å². The fourth-order valence-electron chi connectivity index (χ4n) is 14.6. The van der Waals surface area contributed by atoms with E-state index >= 15 is 4.79 Å². The van der Waals surface area contributed by atoms with Crippen LogP contribution in [0.3, 0.4) is 0 Å². The molecule has 8 heterocycles. The lowest BCUT2D eigenvalue weighted by Gasteiger charge is -2.48. The van der Waals surface area contributed by atoms with Gasteiger partial charge in [-0.05, 0) is 66.2 Å². The Morgan fingerprint density at radius 3 is 1.64 bits per heavy atom. The van der Waals surface area contributed by atoms with Crippen molar-refractivity contribution in [2.75, 3.05) is 33.0 Å². The zero-order valence-electron chi connectivity index (χ0n) is 66.4. The minimum Gasteiger partial charge on any atom is -0.508 e. The topological polar surface area (TPSA) is 783 Å². The number of ether oxygens (including phenoxy) is 16. The third-order valence-corrected chi connectivity index (χ3v) is 21.3. The third kappa shape index (κ3) is 20.5. The van der Waals surface area contributed by atoms with Crippen molar-refractivity contribution in [3.63, 3.8) is 0 Å². The van der Waals surface area contributed by atoms with Gasteiger partial charge in [0.15, 0.2) is 102 Å². The predicted molar refractivity (Wildman–Crippen MR) is 411 cm³/mol. The first kappa shape index (κ1) is 95.2. The summed E-state index contributed by atoms with van der Waals surface area (Å²) in [4.78, 5) is 92.0. The number of esters is 4. The largest absolute Gasteiger partial charge is 0.510 e. The van der Waals surface area contributed by atoms with Crippen molar-refractivity contribution in [1.29, 1.82) is 0 Å². The molecule has 0 spiro atoms. The van der Waals surface area contributed by atoms with Crippen molar-refractivity contribution in [3.8, 4) is 91.5 Å². The monoisotopic (exact) mass is 1830 g/mol. The molecule has 8 aliphatic rings. The summed E-state index contributed by atoms with van der Waals surface area (Å²) in [5, 5.41) is 261. The maximum atomic E-state index is 15.6. The zero-order chi connectivity index (χ0) is 93.3. The van der Waals surface area contributed by atoms with Crippen LogP contribution in [0.2, 0.25) is 0 Å². The summed E-state index contributed by atoms with van der Waals surface area (Å²) in [6.45, 7) is -4.51. The number of hydrogen-bond acceptors (Lipinski definition) is 47. The molecule has 0 amide bonds. The summed E-state index contributed by atoms with van der Waals surface area (Å²) in [7, 11) is 0. The Morgan fingerprint density at radius 2 is 1.02 bits per heavy atom. The van der Waals surface area contributed by atoms with Crippen LogP contribution in [0.1, 0.15) is 18.9 Å². The van der Waals surface area contributed by atoms with Gasteiger partial charge in [-0.2, -0.15) is 0 Å². The lowest BCUT2D eigenvalue weighted by molar-refractivity contribution is -0.382. The number of aliphatic carboxylic acids is 1. The van der Waals surface area contributed by atoms with Gasteiger partial charge in [-0.1, -0.05) is 12.1 Å². The van der Waals surface area contributed by atoms with E-state index in [1.165, 1.54) is 30.3 Å². The SMILES string of the molecule is CC(=O)O[C@@H]1[C@@H](O)[C@H](Oc2cc3c(O)cc(=O)cc-3oc2-c2cc(O)c(O)c(O)c2)O[C@H](COC(=O)CC(=O)O[C@H]2[C@H](Oc3cc(O)c4c(=O)c(O[C@@H]5O[C@H](CO[C@@H]6O[C@H](CO)[C@@H](O)[C@H](O)[C@H]6O)[C@@H](OC(=[OH+])C=Cc6ccc(O)cc6)[C@H](O)[C@H]5O[C@@H]5O[C@H](CO)[C@@H](O)[C@H](O[C@@H]6O[C@H](CO)[C@@H](O)[C@H](O)[C@H]6O)[C@H]5O)c(-c5ccc(O)cc5)oc4c3)O[C@H](C(=O)O)[C@@H](O)[C@@H]2O)[C@H]1O. The van der Waals surface area contributed by atoms with Gasteiger partial charge in [0, 0.05) is 42.3 Å². The van der Waals surface area contributed by atoms with Crippen molar-refractivity contribution in [2.45, 2.75) is 198 Å². The van der Waals surface area contributed by atoms with Crippen LogP contribution in [-0.2, 0) is 80.8 Å². The van der Waals surface area contributed by atoms with E-state index in [0.717, 1.165) is 73.7 Å². The summed E-state index contributed by atoms with van der Waals surface area (Å²) in [5.41, 5.74) is -3.47. The number of benzene rings is 5. The fraction of sp³-hybridized carbons (Fsp3) is 0.463. The average molecular weight is 1830 g/mol. The molecule has 700 valence electrons. The van der Waals surface area contributed by atoms with Gasteiger partial charge in [0.05, 0.1) is 38.1 Å². The Hall–Kier alpha value is -11.4. The summed E-state index contributed by atoms with van der Waals surface area (Å²) < 4.78 is 104. The van der Waals surface area contributed by atoms with Gasteiger partial charge in [0.25, 0.3) is 6.10 Å². The number of aliphatic hydroxyl groups excluding tert-OH is 16. The van der Waals surface area contributed by atoms with Gasteiger partial charge >= 0.3 is 29.8 Å². The highest BCUT2D eigenvalue weighted by Gasteiger charge is 2.59. The summed E-state index contributed by atoms with van der Waals surface area (Å²) in [5.74, 6) is -16.7. The highest BCUT2D eigenvalue weighted by molar-refractivity contribution is 5.92. The molecule has 49 nitrogen and oxygen atoms in total. The van der Waals surface area contributed by atoms with E-state index in [9.17, 15) is 151 Å². The second-order valence-electron chi connectivity index (χ2n) is 30.1. The molecular weight excluding hydrogens is 1740 g/mol. The van der Waals surface area contributed by atoms with E-state index < -0.39 is 339 Å². The Bertz CT molecular complexity index is 5250. The standard InChI is InChI=1S/C80H86O49/c1-25(84)114-68-54(99)44(122-77(63(68)108)118-40-18-33-34(88)14-31(87)15-38(33)116-65(40)28-12-36(90)50(95)37(91)13-28)23-112-47(93)19-48(94)125-72-59(104)58(103)71(74(110)111)128-79(72)115-32-16-35(89)49-39(17-32)117-66(27-5-9-30(86)10-6-27)70(55(49)100)127-80-73(129-78-64(109)69(53(98)43(22-83)121-78)126-76-61(106)57(102)52(97)42(21-82)120-76)62(107)67(124-46(92)11-4-26-2-7-29(85)8-3-26)45(123-80)24-113-75-60(105)56(101)51(96)41(20-81)119-75/h2-18,41-45,51-54,56-64,67-69,71-73,75-83,85-86,88-91,95-99,101-109H,19-24H2,1H3,(H,110,111)/p+1/t41-,42-,43-,44-,45-,51-,52-,53-,54-,56+,57+,58+,59+,60-,61-,62+,63-,64-,67-,68+,69+,71+,72-,73-,75-,76+,77-,78+,79-,80+/m1/s1. The van der Waals surface area contributed by atoms with Crippen LogP contribution in [0.5, 0.6) is 57.5 Å². The van der Waals surface area contributed by atoms with Crippen molar-refractivity contribution in [1.82, 2.24) is 0 Å². The number of aromatic hydroxyl groups is 7. The highest BCUT2D eigenvalue weighted by atomic mass is 16.8. The van der Waals surface area contributed by atoms with Crippen LogP contribution in [0.4, 0.5) is 0 Å². The molecule has 25 N–H and O–H groups in total. The molecule has 49 heteroatoms. The van der Waals surface area contributed by atoms with Crippen LogP contribution in [0, 0.1) is 0 Å². The number of carboxylic acid groups (broad SMARTS) is 1. The molecule has 129 heavy (non-hydrogen) atoms. The number of carbonyl (C=O) groups is 4. The second-order valence-corrected chi connectivity index (χ2v) is 30.1. The van der Waals surface area contributed by atoms with E-state index in [0.29, 0.717) is 11.6 Å². The van der Waals surface area contributed by atoms with Gasteiger partial charge in [0.1, 0.15) is 156 Å². The first-order chi connectivity index (χ1) is 61.2. The van der Waals surface area contributed by atoms with Crippen molar-refractivity contribution in [3.05, 3.63) is 123 Å². The number of carboxylic acids is 1. The zero-order valence-corrected chi connectivity index (χ0v) is 66.4. The first-order valence-electron chi connectivity index (χ1n) is 38.9. The Balaban J connectivity index is 0.804. The van der Waals surface area contributed by atoms with Crippen molar-refractivity contribution in [2.24, 2.45) is 0 Å². The van der Waals surface area contributed by atoms with Gasteiger partial charge < -0.3 is 212 Å². The lowest BCUT2D eigenvalue weighted by Crippen LogP contribution is -2.67. The fourth-order valence-corrected chi connectivity index (χ4v) is 14.6. The Morgan fingerprint density at radius 1 is 0.450 bits per heavy atom. The molecule has 0 saturated carbocycles. The Kier molecular flexibility index (Phi) is 29.5. The molecule has 30 atom stereocenters. The molecule has 4 aromatic carbocycles. The molecular formula is C80H87O49+. The molecule has 6 fully saturated rings. The minimum absolute atomic E-state index is 0.164. The summed E-state index contributed by atoms with van der Waals surface area (Å²) in [6.07, 6.45) is -64.9. The Labute approximate surface area is 720 Å². The first-order valence-corrected chi connectivity index (χ1v) is 38.9. The number of carbonyl (C=O) groups excluding carboxylic acids is 4. The van der Waals surface area contributed by atoms with E-state index in [-0.39, 0.29) is 28.2 Å². The third-order valence-electron chi connectivity index (χ3n) is 21.3. The quantitative estimate of drug-likeness (QED) is 0.00541. The van der Waals surface area contributed by atoms with E-state index in [1.54, 1.807) is 0 Å². The van der Waals surface area contributed by atoms with Crippen molar-refractivity contribution < 1.29 is 231 Å². The normalized spacial score (nSPS) is 33.1. The number of aliphatic hydroxyl groups is 16. The number of rotatable bonds is 28. The van der Waals surface area contributed by atoms with E-state index in [4.69, 9.17) is 84.6 Å². The minimum atomic E-state index is -2.55.